The minimum absolute atomic E-state index is 0.220. The van der Waals surface area contributed by atoms with E-state index in [4.69, 9.17) is 0 Å². The van der Waals surface area contributed by atoms with Crippen LogP contribution in [0.15, 0.2) is 72.8 Å². The first kappa shape index (κ1) is 18.2. The average Bonchev–Trinajstić information content (AvgIpc) is 3.34. The molecule has 2 aromatic carbocycles. The third-order valence-corrected chi connectivity index (χ3v) is 6.67. The molecule has 0 saturated heterocycles. The van der Waals surface area contributed by atoms with Crippen LogP contribution in [0.25, 0.3) is 32.0 Å². The van der Waals surface area contributed by atoms with E-state index in [0.717, 1.165) is 32.0 Å². The van der Waals surface area contributed by atoms with Crippen LogP contribution in [-0.4, -0.2) is 22.2 Å². The van der Waals surface area contributed by atoms with Crippen molar-refractivity contribution < 1.29 is 19.8 Å². The second kappa shape index (κ2) is 7.42. The maximum atomic E-state index is 11.6. The highest BCUT2D eigenvalue weighted by atomic mass is 32.1. The van der Waals surface area contributed by atoms with Gasteiger partial charge in [0.25, 0.3) is 0 Å². The van der Waals surface area contributed by atoms with E-state index >= 15 is 0 Å². The molecule has 28 heavy (non-hydrogen) atoms. The quantitative estimate of drug-likeness (QED) is 0.413. The van der Waals surface area contributed by atoms with Gasteiger partial charge >= 0.3 is 11.9 Å². The van der Waals surface area contributed by atoms with E-state index in [1.807, 2.05) is 60.7 Å². The van der Waals surface area contributed by atoms with Gasteiger partial charge in [0.15, 0.2) is 0 Å². The second-order valence-corrected chi connectivity index (χ2v) is 8.15. The van der Waals surface area contributed by atoms with Gasteiger partial charge in [-0.05, 0) is 23.3 Å². The molecule has 0 aliphatic heterocycles. The number of carbonyl (C=O) groups is 2. The van der Waals surface area contributed by atoms with Crippen molar-refractivity contribution in [3.8, 4) is 32.0 Å². The Kier molecular flexibility index (Phi) is 4.81. The van der Waals surface area contributed by atoms with Crippen LogP contribution in [0.4, 0.5) is 0 Å². The lowest BCUT2D eigenvalue weighted by atomic mass is 10.0. The molecule has 0 fully saturated rings. The summed E-state index contributed by atoms with van der Waals surface area (Å²) < 4.78 is 0. The molecule has 2 heterocycles. The number of aromatic carboxylic acids is 2. The smallest absolute Gasteiger partial charge is 0.345 e. The first-order valence-electron chi connectivity index (χ1n) is 8.40. The van der Waals surface area contributed by atoms with Crippen LogP contribution in [0.3, 0.4) is 0 Å². The molecule has 0 atom stereocenters. The largest absolute Gasteiger partial charge is 0.477 e. The summed E-state index contributed by atoms with van der Waals surface area (Å²) in [6, 6.07) is 22.4. The SMILES string of the molecule is O=C(O)c1cc(-c2ccccc2)c(-c2sc(C(=O)O)cc2-c2ccccc2)s1. The fraction of sp³-hybridized carbons (Fsp3) is 0. The van der Waals surface area contributed by atoms with Crippen molar-refractivity contribution in [3.05, 3.63) is 82.6 Å². The van der Waals surface area contributed by atoms with Crippen LogP contribution in [0.1, 0.15) is 19.3 Å². The van der Waals surface area contributed by atoms with Gasteiger partial charge in [-0.25, -0.2) is 9.59 Å². The molecule has 2 N–H and O–H groups in total. The predicted molar refractivity (Wildman–Crippen MR) is 112 cm³/mol. The van der Waals surface area contributed by atoms with Crippen molar-refractivity contribution in [2.24, 2.45) is 0 Å². The van der Waals surface area contributed by atoms with Gasteiger partial charge in [0.2, 0.25) is 0 Å². The second-order valence-electron chi connectivity index (χ2n) is 6.05. The number of thiophene rings is 2. The molecule has 4 rings (SSSR count). The van der Waals surface area contributed by atoms with Crippen LogP contribution in [-0.2, 0) is 0 Å². The van der Waals surface area contributed by atoms with E-state index in [1.165, 1.54) is 22.7 Å². The van der Waals surface area contributed by atoms with E-state index < -0.39 is 11.9 Å². The highest BCUT2D eigenvalue weighted by Crippen LogP contribution is 2.47. The fourth-order valence-electron chi connectivity index (χ4n) is 2.99. The van der Waals surface area contributed by atoms with Gasteiger partial charge in [0.1, 0.15) is 9.75 Å². The third kappa shape index (κ3) is 3.35. The molecular weight excluding hydrogens is 392 g/mol. The summed E-state index contributed by atoms with van der Waals surface area (Å²) in [5.41, 5.74) is 3.37. The van der Waals surface area contributed by atoms with E-state index in [9.17, 15) is 19.8 Å². The zero-order valence-electron chi connectivity index (χ0n) is 14.5. The van der Waals surface area contributed by atoms with Crippen molar-refractivity contribution in [3.63, 3.8) is 0 Å². The van der Waals surface area contributed by atoms with Crippen LogP contribution < -0.4 is 0 Å². The fourth-order valence-corrected chi connectivity index (χ4v) is 5.19. The van der Waals surface area contributed by atoms with Gasteiger partial charge < -0.3 is 10.2 Å². The summed E-state index contributed by atoms with van der Waals surface area (Å²) in [7, 11) is 0. The molecule has 0 saturated carbocycles. The Morgan fingerprint density at radius 3 is 1.29 bits per heavy atom. The summed E-state index contributed by atoms with van der Waals surface area (Å²) in [5.74, 6) is -1.99. The molecule has 4 nitrogen and oxygen atoms in total. The van der Waals surface area contributed by atoms with E-state index in [2.05, 4.69) is 0 Å². The Hall–Kier alpha value is -3.22. The number of hydrogen-bond donors (Lipinski definition) is 2. The standard InChI is InChI=1S/C22H14O4S2/c23-21(24)17-11-15(13-7-3-1-4-8-13)19(27-17)20-16(12-18(28-20)22(25)26)14-9-5-2-6-10-14/h1-12H,(H,23,24)(H,25,26). The molecule has 0 unspecified atom stereocenters. The van der Waals surface area contributed by atoms with Crippen molar-refractivity contribution in [1.29, 1.82) is 0 Å². The maximum Gasteiger partial charge on any atom is 0.345 e. The summed E-state index contributed by atoms with van der Waals surface area (Å²) in [4.78, 5) is 25.2. The van der Waals surface area contributed by atoms with Crippen LogP contribution in [0, 0.1) is 0 Å². The minimum Gasteiger partial charge on any atom is -0.477 e. The van der Waals surface area contributed by atoms with E-state index in [1.54, 1.807) is 12.1 Å². The summed E-state index contributed by atoms with van der Waals surface area (Å²) in [6.07, 6.45) is 0. The number of benzene rings is 2. The zero-order chi connectivity index (χ0) is 19.7. The lowest BCUT2D eigenvalue weighted by Crippen LogP contribution is -1.89. The van der Waals surface area contributed by atoms with Crippen molar-refractivity contribution in [1.82, 2.24) is 0 Å². The molecule has 4 aromatic rings. The highest BCUT2D eigenvalue weighted by molar-refractivity contribution is 7.24. The Balaban J connectivity index is 1.99. The lowest BCUT2D eigenvalue weighted by molar-refractivity contribution is 0.0691. The molecular formula is C22H14O4S2. The van der Waals surface area contributed by atoms with Gasteiger partial charge in [0, 0.05) is 11.1 Å². The molecule has 0 radical (unpaired) electrons. The molecule has 138 valence electrons. The summed E-state index contributed by atoms with van der Waals surface area (Å²) in [6.45, 7) is 0. The molecule has 6 heteroatoms. The molecule has 0 spiro atoms. The topological polar surface area (TPSA) is 74.6 Å². The van der Waals surface area contributed by atoms with Crippen LogP contribution in [0.2, 0.25) is 0 Å². The number of carboxylic acid groups (broad SMARTS) is 2. The average molecular weight is 406 g/mol. The third-order valence-electron chi connectivity index (χ3n) is 4.26. The van der Waals surface area contributed by atoms with Gasteiger partial charge in [-0.2, -0.15) is 0 Å². The molecule has 0 amide bonds. The summed E-state index contributed by atoms with van der Waals surface area (Å²) in [5, 5.41) is 19.0. The van der Waals surface area contributed by atoms with Gasteiger partial charge in [0.05, 0.1) is 9.75 Å². The van der Waals surface area contributed by atoms with Gasteiger partial charge in [-0.3, -0.25) is 0 Å². The molecule has 0 aliphatic rings. The Bertz CT molecular complexity index is 1060. The highest BCUT2D eigenvalue weighted by Gasteiger charge is 2.23. The molecule has 2 aromatic heterocycles. The number of carboxylic acids is 2. The normalized spacial score (nSPS) is 10.7. The molecule has 0 bridgehead atoms. The predicted octanol–water partition coefficient (Wildman–Crippen LogP) is 6.21. The first-order chi connectivity index (χ1) is 13.5. The Morgan fingerprint density at radius 2 is 0.964 bits per heavy atom. The van der Waals surface area contributed by atoms with Crippen molar-refractivity contribution in [2.45, 2.75) is 0 Å². The van der Waals surface area contributed by atoms with Gasteiger partial charge in [-0.1, -0.05) is 60.7 Å². The van der Waals surface area contributed by atoms with Crippen molar-refractivity contribution in [2.75, 3.05) is 0 Å². The van der Waals surface area contributed by atoms with Crippen LogP contribution >= 0.6 is 22.7 Å². The van der Waals surface area contributed by atoms with Crippen molar-refractivity contribution >= 4 is 34.6 Å². The van der Waals surface area contributed by atoms with E-state index in [-0.39, 0.29) is 9.75 Å². The van der Waals surface area contributed by atoms with Gasteiger partial charge in [-0.15, -0.1) is 22.7 Å². The Morgan fingerprint density at radius 1 is 0.607 bits per heavy atom. The summed E-state index contributed by atoms with van der Waals surface area (Å²) >= 11 is 2.33. The lowest BCUT2D eigenvalue weighted by Gasteiger charge is -2.06. The first-order valence-corrected chi connectivity index (χ1v) is 10.0. The molecule has 0 aliphatic carbocycles. The van der Waals surface area contributed by atoms with E-state index in [0.29, 0.717) is 0 Å². The maximum absolute atomic E-state index is 11.6. The monoisotopic (exact) mass is 406 g/mol. The Labute approximate surface area is 169 Å². The number of hydrogen-bond acceptors (Lipinski definition) is 4. The zero-order valence-corrected chi connectivity index (χ0v) is 16.1. The van der Waals surface area contributed by atoms with Crippen LogP contribution in [0.5, 0.6) is 0 Å². The number of rotatable bonds is 5. The minimum atomic E-state index is -0.996.